The van der Waals surface area contributed by atoms with Gasteiger partial charge in [-0.15, -0.1) is 0 Å². The van der Waals surface area contributed by atoms with Crippen LogP contribution in [0.15, 0.2) is 11.6 Å². The number of allylic oxidation sites excluding steroid dienone is 1. The van der Waals surface area contributed by atoms with Crippen LogP contribution in [0.4, 0.5) is 0 Å². The first kappa shape index (κ1) is 13.3. The minimum Gasteiger partial charge on any atom is -0.388 e. The second kappa shape index (κ2) is 3.50. The summed E-state index contributed by atoms with van der Waals surface area (Å²) >= 11 is 0. The van der Waals surface area contributed by atoms with Crippen molar-refractivity contribution in [2.75, 3.05) is 13.2 Å². The molecule has 3 nitrogen and oxygen atoms in total. The van der Waals surface area contributed by atoms with Crippen molar-refractivity contribution in [3.05, 3.63) is 11.6 Å². The third-order valence-electron chi connectivity index (χ3n) is 7.31. The average molecular weight is 278 g/mol. The van der Waals surface area contributed by atoms with Crippen LogP contribution < -0.4 is 0 Å². The van der Waals surface area contributed by atoms with Gasteiger partial charge in [-0.1, -0.05) is 32.4 Å². The van der Waals surface area contributed by atoms with E-state index in [0.717, 1.165) is 19.3 Å². The van der Waals surface area contributed by atoms with Crippen LogP contribution in [0.5, 0.6) is 0 Å². The molecule has 3 saturated carbocycles. The maximum atomic E-state index is 11.6. The van der Waals surface area contributed by atoms with Crippen molar-refractivity contribution in [1.82, 2.24) is 0 Å². The Bertz CT molecular complexity index is 488. The average Bonchev–Trinajstić information content (AvgIpc) is 2.80. The molecular weight excluding hydrogens is 252 g/mol. The second-order valence-electron chi connectivity index (χ2n) is 8.18. The number of hydrogen-bond donors (Lipinski definition) is 1. The van der Waals surface area contributed by atoms with Gasteiger partial charge in [0.1, 0.15) is 0 Å². The third kappa shape index (κ3) is 1.17. The quantitative estimate of drug-likeness (QED) is 0.692. The zero-order valence-electron chi connectivity index (χ0n) is 13.0. The largest absolute Gasteiger partial charge is 0.388 e. The van der Waals surface area contributed by atoms with E-state index < -0.39 is 11.4 Å². The smallest absolute Gasteiger partial charge is 0.172 e. The Morgan fingerprint density at radius 2 is 1.85 bits per heavy atom. The van der Waals surface area contributed by atoms with Crippen LogP contribution in [0.2, 0.25) is 0 Å². The van der Waals surface area contributed by atoms with Gasteiger partial charge in [0.2, 0.25) is 0 Å². The fourth-order valence-electron chi connectivity index (χ4n) is 6.15. The summed E-state index contributed by atoms with van der Waals surface area (Å²) in [5, 5.41) is 11.6. The first-order chi connectivity index (χ1) is 9.27. The number of rotatable bonds is 0. The van der Waals surface area contributed by atoms with Gasteiger partial charge in [0.25, 0.3) is 0 Å². The molecule has 0 unspecified atom stereocenters. The lowest BCUT2D eigenvalue weighted by Crippen LogP contribution is -2.76. The van der Waals surface area contributed by atoms with Crippen molar-refractivity contribution >= 4 is 0 Å². The minimum absolute atomic E-state index is 0.144. The Morgan fingerprint density at radius 3 is 2.50 bits per heavy atom. The lowest BCUT2D eigenvalue weighted by atomic mass is 9.35. The first-order valence-electron chi connectivity index (χ1n) is 7.94. The van der Waals surface area contributed by atoms with Gasteiger partial charge in [-0.05, 0) is 25.7 Å². The molecule has 4 atom stereocenters. The highest BCUT2D eigenvalue weighted by molar-refractivity contribution is 5.32. The number of aliphatic hydroxyl groups is 1. The van der Waals surface area contributed by atoms with Gasteiger partial charge in [-0.2, -0.15) is 0 Å². The van der Waals surface area contributed by atoms with E-state index in [9.17, 15) is 5.11 Å². The Balaban J connectivity index is 1.91. The fourth-order valence-corrected chi connectivity index (χ4v) is 6.15. The molecule has 1 aliphatic heterocycles. The highest BCUT2D eigenvalue weighted by Crippen LogP contribution is 2.73. The Morgan fingerprint density at radius 1 is 1.20 bits per heavy atom. The predicted molar refractivity (Wildman–Crippen MR) is 76.1 cm³/mol. The molecule has 0 amide bonds. The molecule has 20 heavy (non-hydrogen) atoms. The molecule has 4 fully saturated rings. The lowest BCUT2D eigenvalue weighted by Gasteiger charge is -2.73. The predicted octanol–water partition coefficient (Wildman–Crippen LogP) is 2.88. The van der Waals surface area contributed by atoms with Crippen molar-refractivity contribution in [2.45, 2.75) is 58.3 Å². The highest BCUT2D eigenvalue weighted by Gasteiger charge is 2.76. The van der Waals surface area contributed by atoms with Gasteiger partial charge in [0, 0.05) is 23.2 Å². The Kier molecular flexibility index (Phi) is 2.33. The molecule has 112 valence electrons. The summed E-state index contributed by atoms with van der Waals surface area (Å²) < 4.78 is 12.2. The lowest BCUT2D eigenvalue weighted by molar-refractivity contribution is -0.366. The van der Waals surface area contributed by atoms with Crippen LogP contribution in [-0.2, 0) is 9.47 Å². The molecular formula is C17H26O3. The maximum Gasteiger partial charge on any atom is 0.172 e. The zero-order valence-corrected chi connectivity index (χ0v) is 13.0. The Hall–Kier alpha value is -0.380. The molecule has 5 rings (SSSR count). The van der Waals surface area contributed by atoms with Crippen molar-refractivity contribution in [3.63, 3.8) is 0 Å². The molecule has 1 heterocycles. The SMILES string of the molecule is CC1=CC[C@@]2(O)C(C)(C)[C@H]3C[C@@H]1[C@@]2(C)CC31OCCO1. The van der Waals surface area contributed by atoms with Crippen LogP contribution in [0.1, 0.15) is 47.0 Å². The fraction of sp³-hybridized carbons (Fsp3) is 0.882. The zero-order chi connectivity index (χ0) is 14.4. The van der Waals surface area contributed by atoms with E-state index >= 15 is 0 Å². The number of ether oxygens (including phenoxy) is 2. The summed E-state index contributed by atoms with van der Waals surface area (Å²) in [6.07, 6.45) is 4.94. The molecule has 3 heteroatoms. The van der Waals surface area contributed by atoms with Crippen LogP contribution in [0.3, 0.4) is 0 Å². The van der Waals surface area contributed by atoms with E-state index in [1.165, 1.54) is 5.57 Å². The van der Waals surface area contributed by atoms with Crippen LogP contribution in [-0.4, -0.2) is 29.7 Å². The Labute approximate surface area is 121 Å². The summed E-state index contributed by atoms with van der Waals surface area (Å²) in [6.45, 7) is 10.3. The van der Waals surface area contributed by atoms with Gasteiger partial charge in [-0.25, -0.2) is 0 Å². The number of hydrogen-bond acceptors (Lipinski definition) is 3. The topological polar surface area (TPSA) is 38.7 Å². The summed E-state index contributed by atoms with van der Waals surface area (Å²) in [5.41, 5.74) is 0.477. The summed E-state index contributed by atoms with van der Waals surface area (Å²) in [7, 11) is 0. The minimum atomic E-state index is -0.645. The van der Waals surface area contributed by atoms with Crippen molar-refractivity contribution in [1.29, 1.82) is 0 Å². The van der Waals surface area contributed by atoms with E-state index in [2.05, 4.69) is 33.8 Å². The van der Waals surface area contributed by atoms with Crippen LogP contribution in [0, 0.1) is 22.7 Å². The van der Waals surface area contributed by atoms with E-state index in [0.29, 0.717) is 19.1 Å². The highest BCUT2D eigenvalue weighted by atomic mass is 16.7. The van der Waals surface area contributed by atoms with Gasteiger partial charge in [0.05, 0.1) is 18.8 Å². The summed E-state index contributed by atoms with van der Waals surface area (Å²) in [5.74, 6) is 0.300. The molecule has 0 aromatic heterocycles. The van der Waals surface area contributed by atoms with Gasteiger partial charge in [0.15, 0.2) is 5.79 Å². The maximum absolute atomic E-state index is 11.6. The monoisotopic (exact) mass is 278 g/mol. The van der Waals surface area contributed by atoms with Crippen molar-refractivity contribution in [2.24, 2.45) is 22.7 Å². The van der Waals surface area contributed by atoms with E-state index in [-0.39, 0.29) is 16.7 Å². The van der Waals surface area contributed by atoms with Gasteiger partial charge >= 0.3 is 0 Å². The molecule has 1 spiro atoms. The second-order valence-corrected chi connectivity index (χ2v) is 8.18. The molecule has 5 aliphatic rings. The summed E-state index contributed by atoms with van der Waals surface area (Å²) in [6, 6.07) is 0. The molecule has 0 aromatic rings. The third-order valence-corrected chi connectivity index (χ3v) is 7.31. The van der Waals surface area contributed by atoms with E-state index in [1.807, 2.05) is 0 Å². The molecule has 1 N–H and O–H groups in total. The van der Waals surface area contributed by atoms with Crippen LogP contribution >= 0.6 is 0 Å². The first-order valence-corrected chi connectivity index (χ1v) is 7.94. The molecule has 4 bridgehead atoms. The van der Waals surface area contributed by atoms with Crippen LogP contribution in [0.25, 0.3) is 0 Å². The summed E-state index contributed by atoms with van der Waals surface area (Å²) in [4.78, 5) is 0. The molecule has 0 aromatic carbocycles. The normalized spacial score (nSPS) is 51.4. The standard InChI is InChI=1S/C17H26O3/c1-11-5-6-17(18)14(2,3)13-9-12(11)15(17,4)10-16(13)19-7-8-20-16/h5,12-13,18H,6-10H2,1-4H3/t12-,13+,15+,17+/m0/s1. The molecule has 1 saturated heterocycles. The van der Waals surface area contributed by atoms with E-state index in [1.54, 1.807) is 0 Å². The molecule has 0 radical (unpaired) electrons. The van der Waals surface area contributed by atoms with Gasteiger partial charge < -0.3 is 14.6 Å². The van der Waals surface area contributed by atoms with Crippen molar-refractivity contribution < 1.29 is 14.6 Å². The van der Waals surface area contributed by atoms with Crippen molar-refractivity contribution in [3.8, 4) is 0 Å². The van der Waals surface area contributed by atoms with E-state index in [4.69, 9.17) is 9.47 Å². The molecule has 4 aliphatic carbocycles. The van der Waals surface area contributed by atoms with Gasteiger partial charge in [-0.3, -0.25) is 0 Å².